The van der Waals surface area contributed by atoms with Crippen molar-refractivity contribution in [3.05, 3.63) is 132 Å². The number of aryl methyl sites for hydroxylation is 1. The highest BCUT2D eigenvalue weighted by Crippen LogP contribution is 2.39. The first-order chi connectivity index (χ1) is 22.1. The molecule has 2 aromatic heterocycles. The van der Waals surface area contributed by atoms with Gasteiger partial charge >= 0.3 is 0 Å². The summed E-state index contributed by atoms with van der Waals surface area (Å²) in [6.07, 6.45) is 3.47. The van der Waals surface area contributed by atoms with Gasteiger partial charge in [0.2, 0.25) is 5.82 Å². The number of rotatable bonds is 8. The summed E-state index contributed by atoms with van der Waals surface area (Å²) in [5.41, 5.74) is 7.70. The van der Waals surface area contributed by atoms with Crippen LogP contribution in [0.3, 0.4) is 0 Å². The average molecular weight is 595 g/mol. The first-order valence-electron chi connectivity index (χ1n) is 14.7. The monoisotopic (exact) mass is 594 g/mol. The van der Waals surface area contributed by atoms with Crippen molar-refractivity contribution in [2.45, 2.75) is 25.8 Å². The van der Waals surface area contributed by atoms with Crippen molar-refractivity contribution in [3.63, 3.8) is 0 Å². The number of nitrogens with one attached hydrogen (secondary N) is 1. The summed E-state index contributed by atoms with van der Waals surface area (Å²) >= 11 is 0. The molecule has 0 fully saturated rings. The Morgan fingerprint density at radius 2 is 1.69 bits per heavy atom. The van der Waals surface area contributed by atoms with Crippen molar-refractivity contribution in [1.29, 1.82) is 0 Å². The Hall–Kier alpha value is -5.90. The SMILES string of the molecule is CCc1ccc(-c2nn(-c3ccccc3)cc2C2CC(c3ccc(OC)cc3)=NN2C(=O)c2cccc(-c3nn[nH]n3)c2)cc1. The van der Waals surface area contributed by atoms with E-state index in [1.165, 1.54) is 5.56 Å². The fourth-order valence-electron chi connectivity index (χ4n) is 5.57. The smallest absolute Gasteiger partial charge is 0.274 e. The average Bonchev–Trinajstić information content (AvgIpc) is 3.89. The highest BCUT2D eigenvalue weighted by atomic mass is 16.5. The van der Waals surface area contributed by atoms with E-state index >= 15 is 0 Å². The molecule has 0 spiro atoms. The molecule has 0 radical (unpaired) electrons. The minimum Gasteiger partial charge on any atom is -0.497 e. The lowest BCUT2D eigenvalue weighted by Crippen LogP contribution is -2.27. The van der Waals surface area contributed by atoms with Gasteiger partial charge in [0.15, 0.2) is 0 Å². The number of carbonyl (C=O) groups excluding carboxylic acids is 1. The molecule has 1 unspecified atom stereocenters. The lowest BCUT2D eigenvalue weighted by atomic mass is 9.95. The lowest BCUT2D eigenvalue weighted by Gasteiger charge is -2.22. The Morgan fingerprint density at radius 1 is 0.911 bits per heavy atom. The van der Waals surface area contributed by atoms with Crippen molar-refractivity contribution < 1.29 is 9.53 Å². The number of tetrazole rings is 1. The number of hydrogen-bond donors (Lipinski definition) is 1. The van der Waals surface area contributed by atoms with Gasteiger partial charge in [-0.25, -0.2) is 9.69 Å². The molecule has 10 heteroatoms. The highest BCUT2D eigenvalue weighted by Gasteiger charge is 2.37. The van der Waals surface area contributed by atoms with E-state index in [2.05, 4.69) is 51.8 Å². The van der Waals surface area contributed by atoms with Crippen molar-refractivity contribution in [2.24, 2.45) is 5.10 Å². The van der Waals surface area contributed by atoms with E-state index in [-0.39, 0.29) is 5.91 Å². The molecule has 222 valence electrons. The number of aromatic nitrogens is 6. The second-order valence-corrected chi connectivity index (χ2v) is 10.7. The Bertz CT molecular complexity index is 1970. The fraction of sp³-hybridized carbons (Fsp3) is 0.143. The molecule has 0 saturated carbocycles. The van der Waals surface area contributed by atoms with Crippen molar-refractivity contribution >= 4 is 11.6 Å². The summed E-state index contributed by atoms with van der Waals surface area (Å²) in [6, 6.07) is 33.0. The molecule has 45 heavy (non-hydrogen) atoms. The first-order valence-corrected chi connectivity index (χ1v) is 14.7. The Labute approximate surface area is 260 Å². The molecule has 1 aliphatic rings. The van der Waals surface area contributed by atoms with Crippen LogP contribution in [0.2, 0.25) is 0 Å². The summed E-state index contributed by atoms with van der Waals surface area (Å²) in [5, 5.41) is 25.9. The van der Waals surface area contributed by atoms with E-state index < -0.39 is 6.04 Å². The number of H-pyrrole nitrogens is 1. The molecule has 0 saturated heterocycles. The van der Waals surface area contributed by atoms with E-state index in [1.807, 2.05) is 77.6 Å². The van der Waals surface area contributed by atoms with Gasteiger partial charge < -0.3 is 4.74 Å². The van der Waals surface area contributed by atoms with Gasteiger partial charge in [-0.15, -0.1) is 10.2 Å². The lowest BCUT2D eigenvalue weighted by molar-refractivity contribution is 0.0711. The van der Waals surface area contributed by atoms with Gasteiger partial charge in [0.1, 0.15) is 5.75 Å². The first kappa shape index (κ1) is 27.9. The number of amides is 1. The van der Waals surface area contributed by atoms with Gasteiger partial charge in [-0.2, -0.15) is 15.4 Å². The summed E-state index contributed by atoms with van der Waals surface area (Å²) in [6.45, 7) is 2.14. The molecule has 7 rings (SSSR count). The van der Waals surface area contributed by atoms with E-state index in [4.69, 9.17) is 14.9 Å². The van der Waals surface area contributed by atoms with Gasteiger partial charge in [0.05, 0.1) is 30.2 Å². The standard InChI is InChI=1S/C35H30N8O2/c1-3-23-12-14-25(15-13-23)33-30(22-42(39-33)28-10-5-4-6-11-28)32-21-31(24-16-18-29(45-2)19-17-24)38-43(32)35(44)27-9-7-8-26(20-27)34-36-40-41-37-34/h4-20,22,32H,3,21H2,1-2H3,(H,36,37,40,41). The summed E-state index contributed by atoms with van der Waals surface area (Å²) in [7, 11) is 1.64. The number of methoxy groups -OCH3 is 1. The maximum atomic E-state index is 14.3. The number of hydrazone groups is 1. The maximum Gasteiger partial charge on any atom is 0.274 e. The van der Waals surface area contributed by atoms with Crippen LogP contribution in [0, 0.1) is 0 Å². The van der Waals surface area contributed by atoms with Crippen LogP contribution < -0.4 is 4.74 Å². The predicted octanol–water partition coefficient (Wildman–Crippen LogP) is 6.28. The summed E-state index contributed by atoms with van der Waals surface area (Å²) in [5.74, 6) is 0.919. The normalized spacial score (nSPS) is 14.4. The fourth-order valence-corrected chi connectivity index (χ4v) is 5.57. The number of nitrogens with zero attached hydrogens (tertiary/aromatic N) is 7. The molecule has 0 bridgehead atoms. The van der Waals surface area contributed by atoms with Crippen LogP contribution in [0.5, 0.6) is 5.75 Å². The number of aromatic amines is 1. The van der Waals surface area contributed by atoms with E-state index in [1.54, 1.807) is 24.3 Å². The van der Waals surface area contributed by atoms with E-state index in [0.717, 1.165) is 46.0 Å². The molecular weight excluding hydrogens is 564 g/mol. The Kier molecular flexibility index (Phi) is 7.44. The van der Waals surface area contributed by atoms with Crippen molar-refractivity contribution in [3.8, 4) is 34.1 Å². The Morgan fingerprint density at radius 3 is 2.40 bits per heavy atom. The highest BCUT2D eigenvalue weighted by molar-refractivity contribution is 6.05. The second kappa shape index (κ2) is 12.0. The zero-order valence-electron chi connectivity index (χ0n) is 24.8. The van der Waals surface area contributed by atoms with Crippen molar-refractivity contribution in [2.75, 3.05) is 7.11 Å². The molecule has 1 N–H and O–H groups in total. The van der Waals surface area contributed by atoms with Crippen LogP contribution in [0.1, 0.15) is 46.4 Å². The number of benzene rings is 4. The topological polar surface area (TPSA) is 114 Å². The molecule has 1 aliphatic heterocycles. The molecule has 6 aromatic rings. The molecule has 4 aromatic carbocycles. The van der Waals surface area contributed by atoms with Crippen LogP contribution in [0.15, 0.2) is 114 Å². The van der Waals surface area contributed by atoms with Gasteiger partial charge in [-0.05, 0) is 71.3 Å². The van der Waals surface area contributed by atoms with Crippen LogP contribution >= 0.6 is 0 Å². The Balaban J connectivity index is 1.35. The number of para-hydroxylation sites is 1. The van der Waals surface area contributed by atoms with Gasteiger partial charge in [0, 0.05) is 34.9 Å². The van der Waals surface area contributed by atoms with E-state index in [0.29, 0.717) is 23.4 Å². The quantitative estimate of drug-likeness (QED) is 0.222. The third-order valence-electron chi connectivity index (χ3n) is 8.01. The van der Waals surface area contributed by atoms with Crippen LogP contribution in [-0.4, -0.2) is 54.1 Å². The minimum absolute atomic E-state index is 0.242. The number of hydrogen-bond acceptors (Lipinski definition) is 7. The molecule has 10 nitrogen and oxygen atoms in total. The third-order valence-corrected chi connectivity index (χ3v) is 8.01. The molecule has 1 atom stereocenters. The number of ether oxygens (including phenoxy) is 1. The molecule has 3 heterocycles. The number of carbonyl (C=O) groups is 1. The van der Waals surface area contributed by atoms with Gasteiger partial charge in [-0.1, -0.05) is 61.5 Å². The second-order valence-electron chi connectivity index (χ2n) is 10.7. The zero-order chi connectivity index (χ0) is 30.8. The minimum atomic E-state index is -0.415. The molecule has 0 aliphatic carbocycles. The van der Waals surface area contributed by atoms with Crippen LogP contribution in [0.4, 0.5) is 0 Å². The molecular formula is C35H30N8O2. The van der Waals surface area contributed by atoms with Crippen LogP contribution in [-0.2, 0) is 6.42 Å². The molecule has 1 amide bonds. The predicted molar refractivity (Wildman–Crippen MR) is 171 cm³/mol. The zero-order valence-corrected chi connectivity index (χ0v) is 24.8. The van der Waals surface area contributed by atoms with Gasteiger partial charge in [0.25, 0.3) is 5.91 Å². The van der Waals surface area contributed by atoms with Gasteiger partial charge in [-0.3, -0.25) is 4.79 Å². The largest absolute Gasteiger partial charge is 0.497 e. The third kappa shape index (κ3) is 5.49. The van der Waals surface area contributed by atoms with Crippen molar-refractivity contribution in [1.82, 2.24) is 35.4 Å². The summed E-state index contributed by atoms with van der Waals surface area (Å²) in [4.78, 5) is 14.3. The maximum absolute atomic E-state index is 14.3. The van der Waals surface area contributed by atoms with E-state index in [9.17, 15) is 4.79 Å². The van der Waals surface area contributed by atoms with Crippen LogP contribution in [0.25, 0.3) is 28.3 Å². The summed E-state index contributed by atoms with van der Waals surface area (Å²) < 4.78 is 7.25.